The zero-order valence-electron chi connectivity index (χ0n) is 13.4. The van der Waals surface area contributed by atoms with Gasteiger partial charge in [0.05, 0.1) is 0 Å². The van der Waals surface area contributed by atoms with Crippen LogP contribution in [-0.4, -0.2) is 48.7 Å². The SMILES string of the molecule is Cl.OC(CNCC(O)COc1ccccc1)COc1ccccc1. The van der Waals surface area contributed by atoms with Crippen molar-refractivity contribution in [2.75, 3.05) is 26.3 Å². The highest BCUT2D eigenvalue weighted by Gasteiger charge is 2.08. The van der Waals surface area contributed by atoms with Gasteiger partial charge in [-0.2, -0.15) is 0 Å². The van der Waals surface area contributed by atoms with Crippen LogP contribution in [0.3, 0.4) is 0 Å². The molecule has 0 aliphatic rings. The number of nitrogens with one attached hydrogen (secondary N) is 1. The van der Waals surface area contributed by atoms with Crippen LogP contribution in [0.2, 0.25) is 0 Å². The van der Waals surface area contributed by atoms with E-state index in [0.29, 0.717) is 13.1 Å². The van der Waals surface area contributed by atoms with E-state index < -0.39 is 12.2 Å². The molecule has 0 bridgehead atoms. The maximum atomic E-state index is 9.83. The lowest BCUT2D eigenvalue weighted by molar-refractivity contribution is 0.0858. The molecule has 0 fully saturated rings. The Morgan fingerprint density at radius 1 is 0.708 bits per heavy atom. The number of para-hydroxylation sites is 2. The van der Waals surface area contributed by atoms with Gasteiger partial charge < -0.3 is 25.0 Å². The highest BCUT2D eigenvalue weighted by molar-refractivity contribution is 5.85. The highest BCUT2D eigenvalue weighted by atomic mass is 35.5. The highest BCUT2D eigenvalue weighted by Crippen LogP contribution is 2.09. The smallest absolute Gasteiger partial charge is 0.119 e. The van der Waals surface area contributed by atoms with Crippen molar-refractivity contribution >= 4 is 12.4 Å². The summed E-state index contributed by atoms with van der Waals surface area (Å²) in [4.78, 5) is 0. The molecule has 2 aromatic carbocycles. The molecule has 3 N–H and O–H groups in total. The normalized spacial score (nSPS) is 12.8. The minimum absolute atomic E-state index is 0. The number of aliphatic hydroxyl groups is 2. The third-order valence-electron chi connectivity index (χ3n) is 3.13. The fourth-order valence-corrected chi connectivity index (χ4v) is 1.95. The molecule has 0 saturated carbocycles. The standard InChI is InChI=1S/C18H23NO4.ClH/c20-15(13-22-17-7-3-1-4-8-17)11-19-12-16(21)14-23-18-9-5-2-6-10-18;/h1-10,15-16,19-21H,11-14H2;1H. The summed E-state index contributed by atoms with van der Waals surface area (Å²) in [6.07, 6.45) is -1.28. The Morgan fingerprint density at radius 3 is 1.46 bits per heavy atom. The van der Waals surface area contributed by atoms with Gasteiger partial charge in [-0.25, -0.2) is 0 Å². The monoisotopic (exact) mass is 353 g/mol. The Labute approximate surface area is 148 Å². The first kappa shape index (κ1) is 20.3. The Morgan fingerprint density at radius 2 is 1.08 bits per heavy atom. The van der Waals surface area contributed by atoms with Crippen LogP contribution in [0.4, 0.5) is 0 Å². The molecule has 0 heterocycles. The third-order valence-corrected chi connectivity index (χ3v) is 3.13. The van der Waals surface area contributed by atoms with E-state index >= 15 is 0 Å². The van der Waals surface area contributed by atoms with Gasteiger partial charge in [-0.15, -0.1) is 12.4 Å². The lowest BCUT2D eigenvalue weighted by atomic mass is 10.3. The van der Waals surface area contributed by atoms with Crippen molar-refractivity contribution in [2.45, 2.75) is 12.2 Å². The molecule has 6 heteroatoms. The molecular weight excluding hydrogens is 330 g/mol. The van der Waals surface area contributed by atoms with Gasteiger partial charge in [0, 0.05) is 13.1 Å². The third kappa shape index (κ3) is 8.17. The molecule has 132 valence electrons. The zero-order valence-corrected chi connectivity index (χ0v) is 14.2. The number of ether oxygens (including phenoxy) is 2. The van der Waals surface area contributed by atoms with Crippen molar-refractivity contribution in [3.63, 3.8) is 0 Å². The number of halogens is 1. The van der Waals surface area contributed by atoms with Crippen molar-refractivity contribution in [3.05, 3.63) is 60.7 Å². The summed E-state index contributed by atoms with van der Waals surface area (Å²) in [7, 11) is 0. The van der Waals surface area contributed by atoms with E-state index in [9.17, 15) is 10.2 Å². The molecule has 0 aliphatic heterocycles. The van der Waals surface area contributed by atoms with Crippen molar-refractivity contribution in [1.82, 2.24) is 5.32 Å². The van der Waals surface area contributed by atoms with E-state index in [1.165, 1.54) is 0 Å². The first-order valence-electron chi connectivity index (χ1n) is 7.66. The van der Waals surface area contributed by atoms with Crippen molar-refractivity contribution in [2.24, 2.45) is 0 Å². The zero-order chi connectivity index (χ0) is 16.3. The Kier molecular flexibility index (Phi) is 9.88. The lowest BCUT2D eigenvalue weighted by Gasteiger charge is -2.16. The molecule has 2 atom stereocenters. The van der Waals surface area contributed by atoms with E-state index in [1.54, 1.807) is 0 Å². The number of hydrogen-bond acceptors (Lipinski definition) is 5. The maximum absolute atomic E-state index is 9.83. The van der Waals surface area contributed by atoms with Crippen molar-refractivity contribution < 1.29 is 19.7 Å². The Hall–Kier alpha value is -1.79. The van der Waals surface area contributed by atoms with Crippen LogP contribution in [-0.2, 0) is 0 Å². The predicted molar refractivity (Wildman–Crippen MR) is 96.0 cm³/mol. The second-order valence-electron chi connectivity index (χ2n) is 5.21. The molecule has 2 rings (SSSR count). The summed E-state index contributed by atoms with van der Waals surface area (Å²) in [6, 6.07) is 18.7. The van der Waals surface area contributed by atoms with Gasteiger partial charge in [0.15, 0.2) is 0 Å². The van der Waals surface area contributed by atoms with Gasteiger partial charge in [-0.05, 0) is 24.3 Å². The van der Waals surface area contributed by atoms with Crippen LogP contribution in [0, 0.1) is 0 Å². The molecule has 2 unspecified atom stereocenters. The van der Waals surface area contributed by atoms with E-state index in [4.69, 9.17) is 9.47 Å². The molecule has 0 spiro atoms. The van der Waals surface area contributed by atoms with Crippen LogP contribution in [0.25, 0.3) is 0 Å². The van der Waals surface area contributed by atoms with Gasteiger partial charge in [0.25, 0.3) is 0 Å². The second-order valence-corrected chi connectivity index (χ2v) is 5.21. The first-order chi connectivity index (χ1) is 11.2. The second kappa shape index (κ2) is 11.7. The fourth-order valence-electron chi connectivity index (χ4n) is 1.95. The van der Waals surface area contributed by atoms with Crippen LogP contribution in [0.15, 0.2) is 60.7 Å². The average Bonchev–Trinajstić information content (AvgIpc) is 2.60. The maximum Gasteiger partial charge on any atom is 0.119 e. The topological polar surface area (TPSA) is 71.0 Å². The molecule has 2 aromatic rings. The molecule has 0 radical (unpaired) electrons. The van der Waals surface area contributed by atoms with E-state index in [2.05, 4.69) is 5.32 Å². The quantitative estimate of drug-likeness (QED) is 0.608. The molecule has 5 nitrogen and oxygen atoms in total. The van der Waals surface area contributed by atoms with Crippen molar-refractivity contribution in [1.29, 1.82) is 0 Å². The van der Waals surface area contributed by atoms with Gasteiger partial charge >= 0.3 is 0 Å². The molecule has 0 aromatic heterocycles. The van der Waals surface area contributed by atoms with Gasteiger partial charge in [-0.1, -0.05) is 36.4 Å². The largest absolute Gasteiger partial charge is 0.491 e. The summed E-state index contributed by atoms with van der Waals surface area (Å²) in [6.45, 7) is 1.09. The summed E-state index contributed by atoms with van der Waals surface area (Å²) in [5.41, 5.74) is 0. The van der Waals surface area contributed by atoms with E-state index in [1.807, 2.05) is 60.7 Å². The number of rotatable bonds is 10. The Balaban J connectivity index is 0.00000288. The van der Waals surface area contributed by atoms with Gasteiger partial charge in [0.2, 0.25) is 0 Å². The fraction of sp³-hybridized carbons (Fsp3) is 0.333. The van der Waals surface area contributed by atoms with Crippen LogP contribution < -0.4 is 14.8 Å². The molecule has 0 amide bonds. The molecule has 0 aliphatic carbocycles. The molecule has 24 heavy (non-hydrogen) atoms. The van der Waals surface area contributed by atoms with Crippen LogP contribution >= 0.6 is 12.4 Å². The predicted octanol–water partition coefficient (Wildman–Crippen LogP) is 1.88. The minimum atomic E-state index is -0.641. The molecular formula is C18H24ClNO4. The summed E-state index contributed by atoms with van der Waals surface area (Å²) in [5.74, 6) is 1.45. The number of hydrogen-bond donors (Lipinski definition) is 3. The summed E-state index contributed by atoms with van der Waals surface area (Å²) >= 11 is 0. The van der Waals surface area contributed by atoms with Gasteiger partial charge in [0.1, 0.15) is 36.9 Å². The van der Waals surface area contributed by atoms with E-state index in [-0.39, 0.29) is 25.6 Å². The molecule has 0 saturated heterocycles. The van der Waals surface area contributed by atoms with E-state index in [0.717, 1.165) is 11.5 Å². The number of aliphatic hydroxyl groups excluding tert-OH is 2. The first-order valence-corrected chi connectivity index (χ1v) is 7.66. The average molecular weight is 354 g/mol. The lowest BCUT2D eigenvalue weighted by Crippen LogP contribution is -2.37. The minimum Gasteiger partial charge on any atom is -0.491 e. The van der Waals surface area contributed by atoms with Gasteiger partial charge in [-0.3, -0.25) is 0 Å². The Bertz CT molecular complexity index is 492. The summed E-state index contributed by atoms with van der Waals surface area (Å²) in [5, 5.41) is 22.7. The number of benzene rings is 2. The summed E-state index contributed by atoms with van der Waals surface area (Å²) < 4.78 is 10.9. The van der Waals surface area contributed by atoms with Crippen LogP contribution in [0.5, 0.6) is 11.5 Å². The van der Waals surface area contributed by atoms with Crippen LogP contribution in [0.1, 0.15) is 0 Å². The van der Waals surface area contributed by atoms with Crippen molar-refractivity contribution in [3.8, 4) is 11.5 Å².